The molecule has 2 aromatic rings. The van der Waals surface area contributed by atoms with Gasteiger partial charge in [-0.25, -0.2) is 4.39 Å². The Kier molecular flexibility index (Phi) is 9.45. The number of halogens is 4. The minimum absolute atomic E-state index is 0.0730. The fraction of sp³-hybridized carbons (Fsp3) is 0.440. The molecule has 0 N–H and O–H groups in total. The molecule has 1 amide bonds. The molecule has 2 aromatic carbocycles. The number of alkyl halides is 3. The normalized spacial score (nSPS) is 18.4. The van der Waals surface area contributed by atoms with E-state index >= 15 is 0 Å². The lowest BCUT2D eigenvalue weighted by Gasteiger charge is -2.38. The van der Waals surface area contributed by atoms with Crippen molar-refractivity contribution in [2.75, 3.05) is 33.2 Å². The zero-order chi connectivity index (χ0) is 26.3. The van der Waals surface area contributed by atoms with Gasteiger partial charge in [0, 0.05) is 35.4 Å². The van der Waals surface area contributed by atoms with Crippen LogP contribution in [0.1, 0.15) is 11.1 Å². The molecule has 11 heteroatoms. The summed E-state index contributed by atoms with van der Waals surface area (Å²) in [6.07, 6.45) is -5.33. The Hall–Kier alpha value is -2.97. The van der Waals surface area contributed by atoms with Gasteiger partial charge in [0.25, 0.3) is 0 Å². The summed E-state index contributed by atoms with van der Waals surface area (Å²) in [5.41, 5.74) is 0.509. The monoisotopic (exact) mass is 526 g/mol. The molecule has 1 heterocycles. The smallest absolute Gasteiger partial charge is 0.471 e. The summed E-state index contributed by atoms with van der Waals surface area (Å²) in [5.74, 6) is -2.40. The average molecular weight is 527 g/mol. The number of carbonyl (C=O) groups excluding carboxylic acids is 1. The second-order valence-electron chi connectivity index (χ2n) is 8.18. The third-order valence-electron chi connectivity index (χ3n) is 6.05. The first kappa shape index (κ1) is 27.6. The summed E-state index contributed by atoms with van der Waals surface area (Å²) in [7, 11) is 2.81. The first-order valence-corrected chi connectivity index (χ1v) is 12.1. The van der Waals surface area contributed by atoms with Crippen LogP contribution in [-0.2, 0) is 22.5 Å². The van der Waals surface area contributed by atoms with Gasteiger partial charge in [-0.15, -0.1) is 11.8 Å². The van der Waals surface area contributed by atoms with E-state index in [1.54, 1.807) is 12.1 Å². The molecule has 3 atom stereocenters. The number of hydrogen-bond donors (Lipinski definition) is 0. The standard InChI is InChI=1S/C25H26F4N2O4S/c1-33-18-8-7-17(22(12-18)34-2)13-31(24(32)25(27,28)29)21(11-16-5-3-4-6-20(16)26)19-14-35-15-23(19)36-10-9-30/h3-8,12,19,21,23H,10-11,13-15H2,1-2H3/t19-,21+,23+/m1/s1. The predicted molar refractivity (Wildman–Crippen MR) is 126 cm³/mol. The molecule has 6 nitrogen and oxygen atoms in total. The quantitative estimate of drug-likeness (QED) is 0.421. The van der Waals surface area contributed by atoms with Crippen LogP contribution >= 0.6 is 11.8 Å². The van der Waals surface area contributed by atoms with Crippen molar-refractivity contribution in [3.05, 3.63) is 59.4 Å². The Labute approximate surface area is 211 Å². The molecule has 194 valence electrons. The van der Waals surface area contributed by atoms with Crippen molar-refractivity contribution in [1.29, 1.82) is 5.26 Å². The molecule has 0 aromatic heterocycles. The number of rotatable bonds is 10. The van der Waals surface area contributed by atoms with Crippen LogP contribution in [0.3, 0.4) is 0 Å². The van der Waals surface area contributed by atoms with Crippen LogP contribution in [0.15, 0.2) is 42.5 Å². The van der Waals surface area contributed by atoms with E-state index in [-0.39, 0.29) is 42.0 Å². The lowest BCUT2D eigenvalue weighted by Crippen LogP contribution is -2.52. The minimum Gasteiger partial charge on any atom is -0.497 e. The van der Waals surface area contributed by atoms with E-state index in [1.807, 2.05) is 6.07 Å². The van der Waals surface area contributed by atoms with Crippen molar-refractivity contribution in [1.82, 2.24) is 4.90 Å². The highest BCUT2D eigenvalue weighted by Crippen LogP contribution is 2.36. The SMILES string of the molecule is COc1ccc(CN(C(=O)C(F)(F)F)[C@@H](Cc2ccccc2F)[C@H]2COC[C@@H]2SCC#N)c(OC)c1. The Morgan fingerprint density at radius 3 is 2.58 bits per heavy atom. The topological polar surface area (TPSA) is 71.8 Å². The van der Waals surface area contributed by atoms with Crippen LogP contribution in [0.5, 0.6) is 11.5 Å². The highest BCUT2D eigenvalue weighted by molar-refractivity contribution is 8.00. The van der Waals surface area contributed by atoms with Gasteiger partial charge < -0.3 is 19.1 Å². The van der Waals surface area contributed by atoms with Crippen LogP contribution < -0.4 is 9.47 Å². The summed E-state index contributed by atoms with van der Waals surface area (Å²) < 4.78 is 72.3. The molecule has 36 heavy (non-hydrogen) atoms. The molecular formula is C25H26F4N2O4S. The van der Waals surface area contributed by atoms with Crippen LogP contribution in [-0.4, -0.2) is 61.5 Å². The molecule has 0 saturated carbocycles. The van der Waals surface area contributed by atoms with Gasteiger partial charge in [-0.2, -0.15) is 18.4 Å². The van der Waals surface area contributed by atoms with Crippen LogP contribution in [0, 0.1) is 23.1 Å². The van der Waals surface area contributed by atoms with E-state index in [0.717, 1.165) is 4.90 Å². The molecule has 0 bridgehead atoms. The molecule has 1 aliphatic heterocycles. The van der Waals surface area contributed by atoms with Gasteiger partial charge in [-0.05, 0) is 30.2 Å². The number of benzene rings is 2. The van der Waals surface area contributed by atoms with E-state index in [9.17, 15) is 22.4 Å². The molecular weight excluding hydrogens is 500 g/mol. The Bertz CT molecular complexity index is 1090. The van der Waals surface area contributed by atoms with Crippen molar-refractivity contribution < 1.29 is 36.6 Å². The van der Waals surface area contributed by atoms with E-state index in [4.69, 9.17) is 19.5 Å². The fourth-order valence-corrected chi connectivity index (χ4v) is 5.26. The number of hydrogen-bond acceptors (Lipinski definition) is 6. The lowest BCUT2D eigenvalue weighted by molar-refractivity contribution is -0.189. The van der Waals surface area contributed by atoms with Crippen molar-refractivity contribution in [3.63, 3.8) is 0 Å². The number of ether oxygens (including phenoxy) is 3. The van der Waals surface area contributed by atoms with Crippen LogP contribution in [0.2, 0.25) is 0 Å². The second kappa shape index (κ2) is 12.3. The van der Waals surface area contributed by atoms with Gasteiger partial charge in [-0.3, -0.25) is 4.79 Å². The zero-order valence-electron chi connectivity index (χ0n) is 19.8. The first-order valence-electron chi connectivity index (χ1n) is 11.1. The average Bonchev–Trinajstić information content (AvgIpc) is 3.33. The number of methoxy groups -OCH3 is 2. The van der Waals surface area contributed by atoms with Gasteiger partial charge in [0.15, 0.2) is 0 Å². The highest BCUT2D eigenvalue weighted by atomic mass is 32.2. The van der Waals surface area contributed by atoms with Crippen molar-refractivity contribution >= 4 is 17.7 Å². The van der Waals surface area contributed by atoms with Gasteiger partial charge >= 0.3 is 12.1 Å². The van der Waals surface area contributed by atoms with E-state index in [0.29, 0.717) is 11.3 Å². The number of nitriles is 1. The summed E-state index contributed by atoms with van der Waals surface area (Å²) in [5, 5.41) is 8.68. The molecule has 1 aliphatic rings. The van der Waals surface area contributed by atoms with Crippen molar-refractivity contribution in [2.24, 2.45) is 5.92 Å². The third kappa shape index (κ3) is 6.62. The molecule has 3 rings (SSSR count). The number of thioether (sulfide) groups is 1. The van der Waals surface area contributed by atoms with Gasteiger partial charge in [0.2, 0.25) is 0 Å². The molecule has 0 spiro atoms. The Morgan fingerprint density at radius 2 is 1.94 bits per heavy atom. The summed E-state index contributed by atoms with van der Waals surface area (Å²) in [6.45, 7) is -0.148. The predicted octanol–water partition coefficient (Wildman–Crippen LogP) is 4.62. The largest absolute Gasteiger partial charge is 0.497 e. The summed E-state index contributed by atoms with van der Waals surface area (Å²) in [6, 6.07) is 11.3. The first-order chi connectivity index (χ1) is 17.2. The maximum atomic E-state index is 14.6. The molecule has 0 radical (unpaired) electrons. The van der Waals surface area contributed by atoms with Crippen LogP contribution in [0.4, 0.5) is 17.6 Å². The summed E-state index contributed by atoms with van der Waals surface area (Å²) >= 11 is 1.25. The Balaban J connectivity index is 2.08. The van der Waals surface area contributed by atoms with Crippen LogP contribution in [0.25, 0.3) is 0 Å². The zero-order valence-corrected chi connectivity index (χ0v) is 20.6. The maximum Gasteiger partial charge on any atom is 0.471 e. The maximum absolute atomic E-state index is 14.6. The van der Waals surface area contributed by atoms with E-state index in [2.05, 4.69) is 0 Å². The molecule has 1 saturated heterocycles. The number of amides is 1. The second-order valence-corrected chi connectivity index (χ2v) is 9.41. The minimum atomic E-state index is -5.16. The van der Waals surface area contributed by atoms with Gasteiger partial charge in [0.1, 0.15) is 17.3 Å². The van der Waals surface area contributed by atoms with E-state index in [1.165, 1.54) is 56.3 Å². The van der Waals surface area contributed by atoms with Gasteiger partial charge in [0.05, 0.1) is 39.3 Å². The Morgan fingerprint density at radius 1 is 1.19 bits per heavy atom. The molecule has 0 unspecified atom stereocenters. The molecule has 0 aliphatic carbocycles. The number of nitrogens with zero attached hydrogens (tertiary/aromatic N) is 2. The third-order valence-corrected chi connectivity index (χ3v) is 7.26. The molecule has 1 fully saturated rings. The number of carbonyl (C=O) groups is 1. The van der Waals surface area contributed by atoms with Crippen molar-refractivity contribution in [2.45, 2.75) is 30.4 Å². The fourth-order valence-electron chi connectivity index (χ4n) is 4.28. The highest BCUT2D eigenvalue weighted by Gasteiger charge is 2.48. The van der Waals surface area contributed by atoms with Gasteiger partial charge in [-0.1, -0.05) is 18.2 Å². The van der Waals surface area contributed by atoms with E-state index < -0.39 is 36.4 Å². The lowest BCUT2D eigenvalue weighted by atomic mass is 9.90. The summed E-state index contributed by atoms with van der Waals surface area (Å²) in [4.78, 5) is 13.6. The van der Waals surface area contributed by atoms with Crippen molar-refractivity contribution in [3.8, 4) is 17.6 Å².